The molecule has 6 rings (SSSR count). The highest BCUT2D eigenvalue weighted by atomic mass is 16.5. The third kappa shape index (κ3) is 4.73. The van der Waals surface area contributed by atoms with Crippen LogP contribution in [0.1, 0.15) is 70.3 Å². The number of nitrogens with zero attached hydrogens (tertiary/aromatic N) is 1. The highest BCUT2D eigenvalue weighted by molar-refractivity contribution is 6.02. The summed E-state index contributed by atoms with van der Waals surface area (Å²) in [7, 11) is 0. The minimum absolute atomic E-state index is 0.0997. The maximum Gasteiger partial charge on any atom is 0.246 e. The van der Waals surface area contributed by atoms with Crippen LogP contribution in [-0.4, -0.2) is 53.0 Å². The van der Waals surface area contributed by atoms with Crippen LogP contribution < -0.4 is 10.6 Å². The summed E-state index contributed by atoms with van der Waals surface area (Å²) in [6.07, 6.45) is 15.2. The van der Waals surface area contributed by atoms with Crippen LogP contribution in [0.2, 0.25) is 0 Å². The minimum atomic E-state index is -1.11. The highest BCUT2D eigenvalue weighted by Crippen LogP contribution is 2.55. The summed E-state index contributed by atoms with van der Waals surface area (Å²) in [6, 6.07) is 6.98. The number of anilines is 1. The number of benzene rings is 1. The summed E-state index contributed by atoms with van der Waals surface area (Å²) in [6.45, 7) is 4.64. The average molecular weight is 532 g/mol. The first-order chi connectivity index (χ1) is 18.9. The fourth-order valence-electron chi connectivity index (χ4n) is 7.64. The number of fused-ring (bicyclic) bond motifs is 1. The molecule has 3 heterocycles. The highest BCUT2D eigenvalue weighted by Gasteiger charge is 2.72. The first kappa shape index (κ1) is 26.3. The maximum absolute atomic E-state index is 14.2. The lowest BCUT2D eigenvalue weighted by Gasteiger charge is -2.36. The Balaban J connectivity index is 1.29. The number of amides is 3. The van der Waals surface area contributed by atoms with Crippen molar-refractivity contribution >= 4 is 23.4 Å². The molecule has 7 nitrogen and oxygen atoms in total. The van der Waals surface area contributed by atoms with Crippen LogP contribution >= 0.6 is 0 Å². The Labute approximate surface area is 231 Å². The van der Waals surface area contributed by atoms with Crippen molar-refractivity contribution in [2.24, 2.45) is 17.8 Å². The van der Waals surface area contributed by atoms with Gasteiger partial charge in [-0.2, -0.15) is 0 Å². The molecule has 1 aromatic rings. The number of aryl methyl sites for hydroxylation is 1. The zero-order valence-electron chi connectivity index (χ0n) is 23.2. The van der Waals surface area contributed by atoms with E-state index >= 15 is 0 Å². The molecular weight excluding hydrogens is 490 g/mol. The van der Waals surface area contributed by atoms with E-state index in [0.717, 1.165) is 44.1 Å². The number of hydrogen-bond acceptors (Lipinski definition) is 4. The molecule has 7 heteroatoms. The minimum Gasteiger partial charge on any atom is -0.359 e. The van der Waals surface area contributed by atoms with Gasteiger partial charge in [-0.15, -0.1) is 0 Å². The second-order valence-electron chi connectivity index (χ2n) is 12.3. The van der Waals surface area contributed by atoms with Crippen molar-refractivity contribution in [3.8, 4) is 0 Å². The fourth-order valence-corrected chi connectivity index (χ4v) is 7.64. The van der Waals surface area contributed by atoms with Gasteiger partial charge in [0.05, 0.1) is 17.9 Å². The van der Waals surface area contributed by atoms with Gasteiger partial charge in [-0.1, -0.05) is 55.7 Å². The van der Waals surface area contributed by atoms with Crippen LogP contribution in [0.5, 0.6) is 0 Å². The molecule has 7 atom stereocenters. The van der Waals surface area contributed by atoms with Gasteiger partial charge in [0.15, 0.2) is 0 Å². The van der Waals surface area contributed by atoms with Crippen molar-refractivity contribution in [2.45, 2.75) is 95.4 Å². The topological polar surface area (TPSA) is 87.7 Å². The van der Waals surface area contributed by atoms with Crippen LogP contribution in [0.4, 0.5) is 5.69 Å². The van der Waals surface area contributed by atoms with E-state index in [2.05, 4.69) is 23.6 Å². The molecule has 2 N–H and O–H groups in total. The van der Waals surface area contributed by atoms with Gasteiger partial charge in [-0.3, -0.25) is 14.4 Å². The molecule has 5 aliphatic rings. The number of likely N-dealkylation sites (tertiary alicyclic amines) is 1. The molecule has 0 radical (unpaired) electrons. The van der Waals surface area contributed by atoms with Crippen molar-refractivity contribution in [2.75, 3.05) is 11.9 Å². The van der Waals surface area contributed by atoms with Gasteiger partial charge >= 0.3 is 0 Å². The Kier molecular flexibility index (Phi) is 7.13. The third-order valence-corrected chi connectivity index (χ3v) is 9.71. The first-order valence-electron chi connectivity index (χ1n) is 14.9. The summed E-state index contributed by atoms with van der Waals surface area (Å²) in [4.78, 5) is 43.6. The molecule has 39 heavy (non-hydrogen) atoms. The lowest BCUT2D eigenvalue weighted by atomic mass is 9.74. The van der Waals surface area contributed by atoms with Gasteiger partial charge in [0.25, 0.3) is 0 Å². The molecule has 2 bridgehead atoms. The van der Waals surface area contributed by atoms with Gasteiger partial charge in [0.1, 0.15) is 11.6 Å². The summed E-state index contributed by atoms with van der Waals surface area (Å²) in [5.74, 6) is -1.50. The number of allylic oxidation sites excluding steroid dienone is 1. The molecule has 1 spiro atoms. The van der Waals surface area contributed by atoms with Gasteiger partial charge in [-0.05, 0) is 75.5 Å². The smallest absolute Gasteiger partial charge is 0.246 e. The van der Waals surface area contributed by atoms with E-state index in [1.807, 2.05) is 43.3 Å². The number of nitrogens with one attached hydrogen (secondary N) is 2. The largest absolute Gasteiger partial charge is 0.359 e. The zero-order chi connectivity index (χ0) is 27.1. The quantitative estimate of drug-likeness (QED) is 0.501. The fraction of sp³-hybridized carbons (Fsp3) is 0.594. The second kappa shape index (κ2) is 10.6. The molecule has 0 aromatic heterocycles. The van der Waals surface area contributed by atoms with Gasteiger partial charge in [0.2, 0.25) is 17.7 Å². The Hall–Kier alpha value is -2.93. The maximum atomic E-state index is 14.2. The first-order valence-corrected chi connectivity index (χ1v) is 14.9. The van der Waals surface area contributed by atoms with Crippen molar-refractivity contribution in [3.63, 3.8) is 0 Å². The normalized spacial score (nSPS) is 35.1. The Morgan fingerprint density at radius 1 is 1.13 bits per heavy atom. The van der Waals surface area contributed by atoms with E-state index in [4.69, 9.17) is 4.74 Å². The van der Waals surface area contributed by atoms with Crippen LogP contribution in [0.15, 0.2) is 48.1 Å². The summed E-state index contributed by atoms with van der Waals surface area (Å²) in [5, 5.41) is 6.34. The predicted octanol–water partition coefficient (Wildman–Crippen LogP) is 4.67. The predicted molar refractivity (Wildman–Crippen MR) is 150 cm³/mol. The molecule has 2 saturated heterocycles. The van der Waals surface area contributed by atoms with Crippen LogP contribution in [0.25, 0.3) is 0 Å². The van der Waals surface area contributed by atoms with Gasteiger partial charge in [0, 0.05) is 18.3 Å². The summed E-state index contributed by atoms with van der Waals surface area (Å²) >= 11 is 0. The number of hydrogen-bond donors (Lipinski definition) is 2. The van der Waals surface area contributed by atoms with Gasteiger partial charge in [-0.25, -0.2) is 0 Å². The summed E-state index contributed by atoms with van der Waals surface area (Å²) in [5.41, 5.74) is 1.99. The molecular formula is C32H41N3O4. The van der Waals surface area contributed by atoms with E-state index in [0.29, 0.717) is 18.2 Å². The molecule has 208 valence electrons. The molecule has 1 aromatic carbocycles. The van der Waals surface area contributed by atoms with Crippen molar-refractivity contribution < 1.29 is 19.1 Å². The van der Waals surface area contributed by atoms with Crippen LogP contribution in [0, 0.1) is 24.7 Å². The number of rotatable bonds is 7. The monoisotopic (exact) mass is 531 g/mol. The number of carbonyl (C=O) groups is 3. The second-order valence-corrected chi connectivity index (χ2v) is 12.3. The number of carbonyl (C=O) groups excluding carboxylic acids is 3. The molecule has 1 saturated carbocycles. The zero-order valence-corrected chi connectivity index (χ0v) is 23.2. The standard InChI is InChI=1S/C32H41N3O4/c1-20-9-8-13-23(19-20)33-29(36)26-25-15-17-32(39-25)27(26)31(38)35(18-16-22-11-4-3-5-12-22)28(32)30(37)34-24-14-7-6-10-21(24)2/h8-9,11,13,15,17,19,21,24-28H,3-7,10,12,14,16,18H2,1-2H3,(H,33,36)(H,34,37)/t21-,24-,25-,26+,27-,28-,32-/m0/s1. The van der Waals surface area contributed by atoms with E-state index < -0.39 is 29.6 Å². The summed E-state index contributed by atoms with van der Waals surface area (Å²) < 4.78 is 6.51. The van der Waals surface area contributed by atoms with Crippen molar-refractivity contribution in [1.29, 1.82) is 0 Å². The van der Waals surface area contributed by atoms with Crippen molar-refractivity contribution in [1.82, 2.24) is 10.2 Å². The molecule has 0 unspecified atom stereocenters. The van der Waals surface area contributed by atoms with Gasteiger partial charge < -0.3 is 20.3 Å². The van der Waals surface area contributed by atoms with E-state index in [-0.39, 0.29) is 23.8 Å². The molecule has 2 aliphatic carbocycles. The third-order valence-electron chi connectivity index (χ3n) is 9.71. The molecule has 3 amide bonds. The average Bonchev–Trinajstić information content (AvgIpc) is 3.56. The Morgan fingerprint density at radius 2 is 1.97 bits per heavy atom. The Morgan fingerprint density at radius 3 is 2.74 bits per heavy atom. The van der Waals surface area contributed by atoms with Crippen LogP contribution in [-0.2, 0) is 19.1 Å². The number of ether oxygens (including phenoxy) is 1. The lowest BCUT2D eigenvalue weighted by Crippen LogP contribution is -2.57. The molecule has 3 fully saturated rings. The Bertz CT molecular complexity index is 1210. The van der Waals surface area contributed by atoms with E-state index in [1.165, 1.54) is 24.8 Å². The van der Waals surface area contributed by atoms with Crippen molar-refractivity contribution in [3.05, 3.63) is 53.6 Å². The lowest BCUT2D eigenvalue weighted by molar-refractivity contribution is -0.141. The molecule has 3 aliphatic heterocycles. The SMILES string of the molecule is Cc1cccc(NC(=O)[C@@H]2[C@@H]3C=C[C@]4(O3)[C@@H]2C(=O)N(CCC2=CCCCC2)[C@H]4C(=O)N[C@H]2CCCC[C@@H]2C)c1. The van der Waals surface area contributed by atoms with Crippen LogP contribution in [0.3, 0.4) is 0 Å². The van der Waals surface area contributed by atoms with E-state index in [1.54, 1.807) is 4.90 Å². The van der Waals surface area contributed by atoms with E-state index in [9.17, 15) is 14.4 Å².